The first kappa shape index (κ1) is 15.4. The molecule has 0 aliphatic carbocycles. The molecule has 0 saturated carbocycles. The van der Waals surface area contributed by atoms with Gasteiger partial charge in [0.25, 0.3) is 5.91 Å². The first-order valence-corrected chi connectivity index (χ1v) is 8.23. The van der Waals surface area contributed by atoms with Crippen molar-refractivity contribution in [2.75, 3.05) is 13.1 Å². The third kappa shape index (κ3) is 3.65. The van der Waals surface area contributed by atoms with Crippen LogP contribution in [-0.2, 0) is 4.84 Å². The van der Waals surface area contributed by atoms with Crippen LogP contribution in [-0.4, -0.2) is 40.7 Å². The highest BCUT2D eigenvalue weighted by molar-refractivity contribution is 7.12. The van der Waals surface area contributed by atoms with Crippen molar-refractivity contribution in [3.05, 3.63) is 65.1 Å². The number of nitrogens with zero attached hydrogens (tertiary/aromatic N) is 3. The monoisotopic (exact) mass is 327 g/mol. The number of carbonyl (C=O) groups is 1. The van der Waals surface area contributed by atoms with Crippen molar-refractivity contribution in [1.29, 1.82) is 0 Å². The fourth-order valence-corrected chi connectivity index (χ4v) is 3.10. The Morgan fingerprint density at radius 3 is 3.04 bits per heavy atom. The van der Waals surface area contributed by atoms with Crippen LogP contribution in [0.3, 0.4) is 0 Å². The minimum Gasteiger partial charge on any atom is -0.390 e. The molecule has 23 heavy (non-hydrogen) atoms. The second-order valence-electron chi connectivity index (χ2n) is 5.16. The smallest absolute Gasteiger partial charge is 0.264 e. The van der Waals surface area contributed by atoms with Gasteiger partial charge in [-0.3, -0.25) is 9.78 Å². The highest BCUT2D eigenvalue weighted by Gasteiger charge is 2.27. The molecule has 1 amide bonds. The molecule has 2 aromatic rings. The van der Waals surface area contributed by atoms with Gasteiger partial charge in [-0.15, -0.1) is 17.9 Å². The molecule has 0 bridgehead atoms. The van der Waals surface area contributed by atoms with E-state index in [-0.39, 0.29) is 12.0 Å². The number of amides is 1. The van der Waals surface area contributed by atoms with Gasteiger partial charge in [-0.25, -0.2) is 0 Å². The van der Waals surface area contributed by atoms with Crippen LogP contribution in [0.15, 0.2) is 59.7 Å². The minimum absolute atomic E-state index is 0.00483. The van der Waals surface area contributed by atoms with Gasteiger partial charge >= 0.3 is 0 Å². The first-order chi connectivity index (χ1) is 11.3. The Hall–Kier alpha value is -2.47. The minimum atomic E-state index is -0.157. The summed E-state index contributed by atoms with van der Waals surface area (Å²) in [5.41, 5.74) is 1.63. The van der Waals surface area contributed by atoms with Crippen LogP contribution in [0.1, 0.15) is 21.8 Å². The lowest BCUT2D eigenvalue weighted by Crippen LogP contribution is -2.37. The lowest BCUT2D eigenvalue weighted by Gasteiger charge is -2.22. The Kier molecular flexibility index (Phi) is 4.83. The summed E-state index contributed by atoms with van der Waals surface area (Å²) in [6, 6.07) is 9.39. The predicted molar refractivity (Wildman–Crippen MR) is 90.7 cm³/mol. The van der Waals surface area contributed by atoms with Gasteiger partial charge in [-0.2, -0.15) is 0 Å². The highest BCUT2D eigenvalue weighted by atomic mass is 32.1. The van der Waals surface area contributed by atoms with E-state index in [0.717, 1.165) is 16.3 Å². The van der Waals surface area contributed by atoms with Crippen LogP contribution >= 0.6 is 11.3 Å². The van der Waals surface area contributed by atoms with Crippen molar-refractivity contribution in [2.45, 2.75) is 12.5 Å². The van der Waals surface area contributed by atoms with Crippen LogP contribution in [0.2, 0.25) is 0 Å². The number of oxime groups is 1. The first-order valence-electron chi connectivity index (χ1n) is 7.35. The van der Waals surface area contributed by atoms with Crippen LogP contribution < -0.4 is 0 Å². The van der Waals surface area contributed by atoms with E-state index in [9.17, 15) is 4.79 Å². The number of thiophene rings is 1. The van der Waals surface area contributed by atoms with E-state index >= 15 is 0 Å². The van der Waals surface area contributed by atoms with E-state index < -0.39 is 0 Å². The second-order valence-corrected chi connectivity index (χ2v) is 6.11. The Labute approximate surface area is 138 Å². The van der Waals surface area contributed by atoms with E-state index in [1.165, 1.54) is 11.3 Å². The van der Waals surface area contributed by atoms with E-state index in [4.69, 9.17) is 4.84 Å². The van der Waals surface area contributed by atoms with Crippen LogP contribution in [0, 0.1) is 0 Å². The topological polar surface area (TPSA) is 54.8 Å². The molecule has 0 spiro atoms. The summed E-state index contributed by atoms with van der Waals surface area (Å²) in [6.07, 6.45) is 3.94. The maximum atomic E-state index is 12.5. The van der Waals surface area contributed by atoms with Crippen molar-refractivity contribution >= 4 is 23.0 Å². The standard InChI is InChI=1S/C17H17N3O2S/c1-2-9-20(17(21)16-7-5-10-23-16)12-13-11-15(19-22-13)14-6-3-4-8-18-14/h2-8,10,13H,1,9,11-12H2/t13-/m1/s1. The average molecular weight is 327 g/mol. The molecular formula is C17H17N3O2S. The van der Waals surface area contributed by atoms with Gasteiger partial charge in [0.2, 0.25) is 0 Å². The summed E-state index contributed by atoms with van der Waals surface area (Å²) in [6.45, 7) is 4.69. The summed E-state index contributed by atoms with van der Waals surface area (Å²) in [4.78, 5) is 24.7. The quantitative estimate of drug-likeness (QED) is 0.767. The molecule has 5 nitrogen and oxygen atoms in total. The van der Waals surface area contributed by atoms with Crippen molar-refractivity contribution in [3.63, 3.8) is 0 Å². The molecule has 118 valence electrons. The van der Waals surface area contributed by atoms with Crippen molar-refractivity contribution in [1.82, 2.24) is 9.88 Å². The maximum absolute atomic E-state index is 12.5. The average Bonchev–Trinajstić information content (AvgIpc) is 3.26. The molecule has 0 N–H and O–H groups in total. The van der Waals surface area contributed by atoms with E-state index in [0.29, 0.717) is 19.5 Å². The third-order valence-corrected chi connectivity index (χ3v) is 4.34. The normalized spacial score (nSPS) is 16.5. The molecule has 1 atom stereocenters. The maximum Gasteiger partial charge on any atom is 0.264 e. The summed E-state index contributed by atoms with van der Waals surface area (Å²) < 4.78 is 0. The Balaban J connectivity index is 1.64. The molecule has 0 radical (unpaired) electrons. The van der Waals surface area contributed by atoms with Crippen LogP contribution in [0.5, 0.6) is 0 Å². The zero-order valence-electron chi connectivity index (χ0n) is 12.6. The Morgan fingerprint density at radius 2 is 2.35 bits per heavy atom. The van der Waals surface area contributed by atoms with Gasteiger partial charge in [-0.05, 0) is 23.6 Å². The summed E-state index contributed by atoms with van der Waals surface area (Å²) in [5.74, 6) is -0.00483. The van der Waals surface area contributed by atoms with Crippen LogP contribution in [0.4, 0.5) is 0 Å². The molecule has 0 saturated heterocycles. The van der Waals surface area contributed by atoms with Crippen molar-refractivity contribution in [2.24, 2.45) is 5.16 Å². The Morgan fingerprint density at radius 1 is 1.43 bits per heavy atom. The molecule has 0 aromatic carbocycles. The summed E-state index contributed by atoms with van der Waals surface area (Å²) in [7, 11) is 0. The van der Waals surface area contributed by atoms with E-state index in [2.05, 4.69) is 16.7 Å². The fourth-order valence-electron chi connectivity index (χ4n) is 2.41. The number of rotatable bonds is 6. The van der Waals surface area contributed by atoms with Gasteiger partial charge in [0.15, 0.2) is 6.10 Å². The molecule has 6 heteroatoms. The van der Waals surface area contributed by atoms with Crippen LogP contribution in [0.25, 0.3) is 0 Å². The van der Waals surface area contributed by atoms with Crippen molar-refractivity contribution in [3.8, 4) is 0 Å². The van der Waals surface area contributed by atoms with Gasteiger partial charge < -0.3 is 9.74 Å². The number of hydrogen-bond acceptors (Lipinski definition) is 5. The molecule has 2 aromatic heterocycles. The summed E-state index contributed by atoms with van der Waals surface area (Å²) >= 11 is 1.44. The lowest BCUT2D eigenvalue weighted by molar-refractivity contribution is 0.0452. The zero-order valence-corrected chi connectivity index (χ0v) is 13.4. The second kappa shape index (κ2) is 7.19. The van der Waals surface area contributed by atoms with Gasteiger partial charge in [0.05, 0.1) is 17.1 Å². The number of pyridine rings is 1. The van der Waals surface area contributed by atoms with Crippen molar-refractivity contribution < 1.29 is 9.63 Å². The molecule has 3 rings (SSSR count). The number of aromatic nitrogens is 1. The molecule has 1 aliphatic rings. The summed E-state index contributed by atoms with van der Waals surface area (Å²) in [5, 5.41) is 6.01. The van der Waals surface area contributed by atoms with Gasteiger partial charge in [0.1, 0.15) is 5.71 Å². The number of carbonyl (C=O) groups excluding carboxylic acids is 1. The van der Waals surface area contributed by atoms with Gasteiger partial charge in [0, 0.05) is 19.2 Å². The fraction of sp³-hybridized carbons (Fsp3) is 0.235. The SMILES string of the molecule is C=CCN(C[C@H]1CC(c2ccccn2)=NO1)C(=O)c1cccs1. The molecule has 1 aliphatic heterocycles. The highest BCUT2D eigenvalue weighted by Crippen LogP contribution is 2.18. The molecular weight excluding hydrogens is 310 g/mol. The molecule has 3 heterocycles. The predicted octanol–water partition coefficient (Wildman–Crippen LogP) is 2.96. The van der Waals surface area contributed by atoms with Gasteiger partial charge in [-0.1, -0.05) is 23.4 Å². The third-order valence-electron chi connectivity index (χ3n) is 3.49. The van der Waals surface area contributed by atoms with E-state index in [1.807, 2.05) is 35.7 Å². The Bertz CT molecular complexity index is 698. The largest absolute Gasteiger partial charge is 0.390 e. The number of hydrogen-bond donors (Lipinski definition) is 0. The zero-order chi connectivity index (χ0) is 16.1. The van der Waals surface area contributed by atoms with E-state index in [1.54, 1.807) is 17.2 Å². The lowest BCUT2D eigenvalue weighted by atomic mass is 10.1. The molecule has 0 unspecified atom stereocenters. The molecule has 0 fully saturated rings.